The maximum absolute atomic E-state index is 12.6. The molecule has 13 heavy (non-hydrogen) atoms. The van der Waals surface area contributed by atoms with Crippen LogP contribution in [0.5, 0.6) is 0 Å². The average Bonchev–Trinajstić information content (AvgIpc) is 2.09. The van der Waals surface area contributed by atoms with E-state index in [1.54, 1.807) is 6.07 Å². The van der Waals surface area contributed by atoms with Gasteiger partial charge >= 0.3 is 0 Å². The van der Waals surface area contributed by atoms with Crippen LogP contribution in [-0.2, 0) is 0 Å². The number of nitrogens with zero attached hydrogens (tertiary/aromatic N) is 1. The van der Waals surface area contributed by atoms with Gasteiger partial charge in [-0.3, -0.25) is 4.98 Å². The maximum atomic E-state index is 12.6. The largest absolute Gasteiger partial charge is 0.311 e. The lowest BCUT2D eigenvalue weighted by Gasteiger charge is -2.19. The highest BCUT2D eigenvalue weighted by Crippen LogP contribution is 2.18. The molecule has 0 saturated heterocycles. The van der Waals surface area contributed by atoms with Gasteiger partial charge in [0.2, 0.25) is 0 Å². The van der Waals surface area contributed by atoms with Gasteiger partial charge in [-0.15, -0.1) is 0 Å². The summed E-state index contributed by atoms with van der Waals surface area (Å²) in [5, 5.41) is 3.15. The van der Waals surface area contributed by atoms with Crippen LogP contribution in [-0.4, -0.2) is 12.0 Å². The molecule has 0 aliphatic heterocycles. The topological polar surface area (TPSA) is 24.9 Å². The second-order valence-corrected chi connectivity index (χ2v) is 3.41. The third-order valence-electron chi connectivity index (χ3n) is 2.05. The van der Waals surface area contributed by atoms with Gasteiger partial charge in [-0.05, 0) is 25.1 Å². The molecule has 1 aromatic rings. The van der Waals surface area contributed by atoms with Crippen molar-refractivity contribution < 1.29 is 4.39 Å². The van der Waals surface area contributed by atoms with Crippen LogP contribution in [0.4, 0.5) is 4.39 Å². The number of rotatable bonds is 3. The van der Waals surface area contributed by atoms with Gasteiger partial charge in [-0.25, -0.2) is 4.39 Å². The third-order valence-corrected chi connectivity index (χ3v) is 2.05. The molecule has 0 radical (unpaired) electrons. The fraction of sp³-hybridized carbons (Fsp3) is 0.500. The number of pyridine rings is 1. The highest BCUT2D eigenvalue weighted by atomic mass is 19.1. The summed E-state index contributed by atoms with van der Waals surface area (Å²) >= 11 is 0. The fourth-order valence-corrected chi connectivity index (χ4v) is 1.39. The lowest BCUT2D eigenvalue weighted by molar-refractivity contribution is 0.432. The molecule has 0 spiro atoms. The molecular formula is C10H15FN2. The molecule has 0 saturated carbocycles. The lowest BCUT2D eigenvalue weighted by atomic mass is 10.0. The van der Waals surface area contributed by atoms with E-state index in [0.29, 0.717) is 5.92 Å². The van der Waals surface area contributed by atoms with E-state index in [1.165, 1.54) is 12.3 Å². The molecule has 1 rings (SSSR count). The Bertz CT molecular complexity index is 256. The van der Waals surface area contributed by atoms with E-state index in [9.17, 15) is 4.39 Å². The molecule has 2 nitrogen and oxygen atoms in total. The highest BCUT2D eigenvalue weighted by Gasteiger charge is 2.14. The predicted molar refractivity (Wildman–Crippen MR) is 50.8 cm³/mol. The number of aromatic nitrogens is 1. The molecule has 0 fully saturated rings. The van der Waals surface area contributed by atoms with Crippen LogP contribution in [0.25, 0.3) is 0 Å². The Morgan fingerprint density at radius 1 is 1.38 bits per heavy atom. The number of halogens is 1. The zero-order chi connectivity index (χ0) is 9.84. The number of nitrogens with one attached hydrogen (secondary N) is 1. The van der Waals surface area contributed by atoms with Crippen molar-refractivity contribution in [2.75, 3.05) is 7.05 Å². The third kappa shape index (κ3) is 2.49. The number of hydrogen-bond acceptors (Lipinski definition) is 2. The summed E-state index contributed by atoms with van der Waals surface area (Å²) in [6.45, 7) is 4.21. The molecule has 0 bridgehead atoms. The molecule has 1 N–H and O–H groups in total. The van der Waals surface area contributed by atoms with Crippen molar-refractivity contribution in [3.05, 3.63) is 29.8 Å². The normalized spacial score (nSPS) is 13.3. The van der Waals surface area contributed by atoms with Crippen molar-refractivity contribution in [1.82, 2.24) is 10.3 Å². The van der Waals surface area contributed by atoms with E-state index in [1.807, 2.05) is 7.05 Å². The van der Waals surface area contributed by atoms with Crippen LogP contribution in [0.1, 0.15) is 25.6 Å². The minimum Gasteiger partial charge on any atom is -0.311 e. The molecule has 3 heteroatoms. The van der Waals surface area contributed by atoms with Crippen molar-refractivity contribution in [3.63, 3.8) is 0 Å². The van der Waals surface area contributed by atoms with Gasteiger partial charge in [0.25, 0.3) is 0 Å². The van der Waals surface area contributed by atoms with E-state index in [-0.39, 0.29) is 11.9 Å². The molecule has 72 valence electrons. The summed E-state index contributed by atoms with van der Waals surface area (Å²) in [5.41, 5.74) is 0.888. The van der Waals surface area contributed by atoms with Gasteiger partial charge in [0.15, 0.2) is 0 Å². The summed E-state index contributed by atoms with van der Waals surface area (Å²) in [5.74, 6) is 0.158. The van der Waals surface area contributed by atoms with E-state index in [2.05, 4.69) is 24.1 Å². The summed E-state index contributed by atoms with van der Waals surface area (Å²) in [6, 6.07) is 3.35. The Kier molecular flexibility index (Phi) is 3.37. The van der Waals surface area contributed by atoms with Gasteiger partial charge < -0.3 is 5.32 Å². The summed E-state index contributed by atoms with van der Waals surface area (Å²) in [6.07, 6.45) is 1.25. The monoisotopic (exact) mass is 182 g/mol. The number of hydrogen-bond donors (Lipinski definition) is 1. The summed E-state index contributed by atoms with van der Waals surface area (Å²) in [4.78, 5) is 4.03. The first-order valence-electron chi connectivity index (χ1n) is 4.44. The second kappa shape index (κ2) is 4.33. The molecule has 1 unspecified atom stereocenters. The maximum Gasteiger partial charge on any atom is 0.141 e. The molecule has 0 aromatic carbocycles. The minimum absolute atomic E-state index is 0.195. The Morgan fingerprint density at radius 3 is 2.46 bits per heavy atom. The standard InChI is InChI=1S/C10H15FN2/c1-7(2)10(12-3)9-5-4-8(11)6-13-9/h4-7,10,12H,1-3H3. The quantitative estimate of drug-likeness (QED) is 0.774. The van der Waals surface area contributed by atoms with Gasteiger partial charge in [0.1, 0.15) is 5.82 Å². The Morgan fingerprint density at radius 2 is 2.08 bits per heavy atom. The summed E-state index contributed by atoms with van der Waals surface area (Å²) < 4.78 is 12.6. The first kappa shape index (κ1) is 10.1. The van der Waals surface area contributed by atoms with Crippen molar-refractivity contribution >= 4 is 0 Å². The Hall–Kier alpha value is -0.960. The predicted octanol–water partition coefficient (Wildman–Crippen LogP) is 2.14. The zero-order valence-corrected chi connectivity index (χ0v) is 8.21. The Labute approximate surface area is 78.2 Å². The molecular weight excluding hydrogens is 167 g/mol. The van der Waals surface area contributed by atoms with Gasteiger partial charge in [-0.1, -0.05) is 13.8 Å². The molecule has 0 aliphatic carbocycles. The van der Waals surface area contributed by atoms with Crippen LogP contribution in [0.3, 0.4) is 0 Å². The highest BCUT2D eigenvalue weighted by molar-refractivity contribution is 5.10. The van der Waals surface area contributed by atoms with E-state index < -0.39 is 0 Å². The average molecular weight is 182 g/mol. The van der Waals surface area contributed by atoms with Crippen molar-refractivity contribution in [1.29, 1.82) is 0 Å². The van der Waals surface area contributed by atoms with Crippen molar-refractivity contribution in [2.45, 2.75) is 19.9 Å². The van der Waals surface area contributed by atoms with Crippen LogP contribution < -0.4 is 5.32 Å². The Balaban J connectivity index is 2.86. The van der Waals surface area contributed by atoms with Gasteiger partial charge in [0.05, 0.1) is 17.9 Å². The fourth-order valence-electron chi connectivity index (χ4n) is 1.39. The first-order valence-corrected chi connectivity index (χ1v) is 4.44. The molecule has 1 heterocycles. The van der Waals surface area contributed by atoms with Crippen molar-refractivity contribution in [2.24, 2.45) is 5.92 Å². The molecule has 1 atom stereocenters. The smallest absolute Gasteiger partial charge is 0.141 e. The van der Waals surface area contributed by atoms with E-state index in [4.69, 9.17) is 0 Å². The lowest BCUT2D eigenvalue weighted by Crippen LogP contribution is -2.22. The van der Waals surface area contributed by atoms with Crippen LogP contribution >= 0.6 is 0 Å². The first-order chi connectivity index (χ1) is 6.15. The SMILES string of the molecule is CNC(c1ccc(F)cn1)C(C)C. The summed E-state index contributed by atoms with van der Waals surface area (Å²) in [7, 11) is 1.88. The van der Waals surface area contributed by atoms with Gasteiger partial charge in [0, 0.05) is 0 Å². The zero-order valence-electron chi connectivity index (χ0n) is 8.21. The second-order valence-electron chi connectivity index (χ2n) is 3.41. The van der Waals surface area contributed by atoms with Crippen LogP contribution in [0.15, 0.2) is 18.3 Å². The van der Waals surface area contributed by atoms with Gasteiger partial charge in [-0.2, -0.15) is 0 Å². The van der Waals surface area contributed by atoms with Crippen molar-refractivity contribution in [3.8, 4) is 0 Å². The van der Waals surface area contributed by atoms with E-state index in [0.717, 1.165) is 5.69 Å². The molecule has 0 amide bonds. The van der Waals surface area contributed by atoms with Crippen LogP contribution in [0, 0.1) is 11.7 Å². The molecule has 0 aliphatic rings. The van der Waals surface area contributed by atoms with Crippen LogP contribution in [0.2, 0.25) is 0 Å². The minimum atomic E-state index is -0.289. The molecule has 1 aromatic heterocycles. The van der Waals surface area contributed by atoms with E-state index >= 15 is 0 Å².